The number of aromatic nitrogens is 2. The zero-order valence-electron chi connectivity index (χ0n) is 13.0. The highest BCUT2D eigenvalue weighted by molar-refractivity contribution is 5.52. The molecule has 0 aliphatic heterocycles. The first-order chi connectivity index (χ1) is 9.71. The Kier molecular flexibility index (Phi) is 7.41. The highest BCUT2D eigenvalue weighted by Gasteiger charge is 1.98. The maximum atomic E-state index is 4.42. The van der Waals surface area contributed by atoms with Crippen LogP contribution in [0.2, 0.25) is 0 Å². The van der Waals surface area contributed by atoms with E-state index in [1.807, 2.05) is 23.0 Å². The van der Waals surface area contributed by atoms with Gasteiger partial charge in [-0.15, -0.1) is 0 Å². The van der Waals surface area contributed by atoms with Gasteiger partial charge in [0.25, 0.3) is 0 Å². The third kappa shape index (κ3) is 5.43. The van der Waals surface area contributed by atoms with Gasteiger partial charge in [0.05, 0.1) is 5.69 Å². The highest BCUT2D eigenvalue weighted by atomic mass is 15.3. The maximum Gasteiger partial charge on any atom is 0.0855 e. The van der Waals surface area contributed by atoms with E-state index in [0.29, 0.717) is 0 Å². The van der Waals surface area contributed by atoms with Crippen molar-refractivity contribution in [3.8, 4) is 0 Å². The Bertz CT molecular complexity index is 499. The Balaban J connectivity index is 0.000000444. The standard InChI is InChI=1S/C14H16N2.C4H10/c1-3-12(2)16-11-10-14(15-16)9-8-13-6-4-5-7-13;1-3-4-2/h4-6,8-11H,2-3,7H2,1H3;3-4H2,1-2H3/b9-8+;. The SMILES string of the molecule is C=C(CC)n1ccc(/C=C/C2=CC=CC2)n1.CCCC. The van der Waals surface area contributed by atoms with E-state index in [1.54, 1.807) is 0 Å². The minimum Gasteiger partial charge on any atom is -0.245 e. The molecule has 0 atom stereocenters. The van der Waals surface area contributed by atoms with Crippen LogP contribution in [0.3, 0.4) is 0 Å². The molecule has 0 bridgehead atoms. The van der Waals surface area contributed by atoms with Crippen molar-refractivity contribution in [2.75, 3.05) is 0 Å². The fourth-order valence-electron chi connectivity index (χ4n) is 1.54. The third-order valence-corrected chi connectivity index (χ3v) is 3.11. The lowest BCUT2D eigenvalue weighted by Crippen LogP contribution is -1.94. The Morgan fingerprint density at radius 2 is 2.05 bits per heavy atom. The van der Waals surface area contributed by atoms with Crippen molar-refractivity contribution >= 4 is 11.8 Å². The summed E-state index contributed by atoms with van der Waals surface area (Å²) in [6, 6.07) is 2.00. The smallest absolute Gasteiger partial charge is 0.0855 e. The normalized spacial score (nSPS) is 13.2. The molecule has 0 spiro atoms. The van der Waals surface area contributed by atoms with Gasteiger partial charge in [0.2, 0.25) is 0 Å². The maximum absolute atomic E-state index is 4.42. The second kappa shape index (κ2) is 9.13. The van der Waals surface area contributed by atoms with Crippen molar-refractivity contribution < 1.29 is 0 Å². The van der Waals surface area contributed by atoms with Gasteiger partial charge in [-0.1, -0.05) is 64.5 Å². The van der Waals surface area contributed by atoms with Gasteiger partial charge in [0.1, 0.15) is 0 Å². The van der Waals surface area contributed by atoms with E-state index in [2.05, 4.69) is 56.8 Å². The highest BCUT2D eigenvalue weighted by Crippen LogP contribution is 2.13. The van der Waals surface area contributed by atoms with E-state index in [4.69, 9.17) is 0 Å². The average Bonchev–Trinajstić information content (AvgIpc) is 3.15. The zero-order valence-corrected chi connectivity index (χ0v) is 13.0. The van der Waals surface area contributed by atoms with E-state index < -0.39 is 0 Å². The molecule has 108 valence electrons. The van der Waals surface area contributed by atoms with E-state index >= 15 is 0 Å². The van der Waals surface area contributed by atoms with E-state index in [-0.39, 0.29) is 0 Å². The van der Waals surface area contributed by atoms with Gasteiger partial charge >= 0.3 is 0 Å². The average molecular weight is 270 g/mol. The Morgan fingerprint density at radius 1 is 1.30 bits per heavy atom. The van der Waals surface area contributed by atoms with Crippen molar-refractivity contribution in [2.24, 2.45) is 0 Å². The number of unbranched alkanes of at least 4 members (excludes halogenated alkanes) is 1. The summed E-state index contributed by atoms with van der Waals surface area (Å²) in [6.07, 6.45) is 17.0. The molecule has 0 saturated carbocycles. The topological polar surface area (TPSA) is 17.8 Å². The molecule has 2 heteroatoms. The van der Waals surface area contributed by atoms with Crippen LogP contribution in [0, 0.1) is 0 Å². The van der Waals surface area contributed by atoms with Crippen LogP contribution in [0.15, 0.2) is 48.7 Å². The van der Waals surface area contributed by atoms with Crippen LogP contribution in [0.25, 0.3) is 11.8 Å². The molecule has 1 aromatic heterocycles. The number of hydrogen-bond acceptors (Lipinski definition) is 1. The predicted molar refractivity (Wildman–Crippen MR) is 89.3 cm³/mol. The van der Waals surface area contributed by atoms with Gasteiger partial charge in [-0.2, -0.15) is 5.10 Å². The van der Waals surface area contributed by atoms with Crippen LogP contribution < -0.4 is 0 Å². The molecule has 0 N–H and O–H groups in total. The Hall–Kier alpha value is -1.83. The van der Waals surface area contributed by atoms with E-state index in [1.165, 1.54) is 18.4 Å². The van der Waals surface area contributed by atoms with Gasteiger partial charge in [0, 0.05) is 11.9 Å². The summed E-state index contributed by atoms with van der Waals surface area (Å²) in [4.78, 5) is 0. The first-order valence-corrected chi connectivity index (χ1v) is 7.48. The van der Waals surface area contributed by atoms with Crippen molar-refractivity contribution in [1.29, 1.82) is 0 Å². The summed E-state index contributed by atoms with van der Waals surface area (Å²) in [5, 5.41) is 4.42. The molecule has 1 aliphatic carbocycles. The minimum absolute atomic E-state index is 0.917. The first-order valence-electron chi connectivity index (χ1n) is 7.48. The lowest BCUT2D eigenvalue weighted by Gasteiger charge is -1.99. The van der Waals surface area contributed by atoms with Gasteiger partial charge < -0.3 is 0 Å². The first kappa shape index (κ1) is 16.2. The van der Waals surface area contributed by atoms with Crippen LogP contribution >= 0.6 is 0 Å². The molecule has 0 unspecified atom stereocenters. The molecule has 0 fully saturated rings. The van der Waals surface area contributed by atoms with Gasteiger partial charge in [-0.25, -0.2) is 4.68 Å². The molecule has 0 saturated heterocycles. The fraction of sp³-hybridized carbons (Fsp3) is 0.389. The predicted octanol–water partition coefficient (Wildman–Crippen LogP) is 5.47. The molecule has 2 nitrogen and oxygen atoms in total. The molecular formula is C18H26N2. The Morgan fingerprint density at radius 3 is 2.60 bits per heavy atom. The van der Waals surface area contributed by atoms with E-state index in [0.717, 1.165) is 24.2 Å². The lowest BCUT2D eigenvalue weighted by molar-refractivity contribution is 0.863. The fourth-order valence-corrected chi connectivity index (χ4v) is 1.54. The summed E-state index contributed by atoms with van der Waals surface area (Å²) in [5.41, 5.74) is 3.31. The minimum atomic E-state index is 0.917. The molecule has 1 heterocycles. The molecule has 1 aliphatic rings. The summed E-state index contributed by atoms with van der Waals surface area (Å²) >= 11 is 0. The summed E-state index contributed by atoms with van der Waals surface area (Å²) in [6.45, 7) is 10.4. The largest absolute Gasteiger partial charge is 0.245 e. The quantitative estimate of drug-likeness (QED) is 0.693. The van der Waals surface area contributed by atoms with Crippen LogP contribution in [0.4, 0.5) is 0 Å². The molecule has 0 aromatic carbocycles. The van der Waals surface area contributed by atoms with Crippen molar-refractivity contribution in [3.05, 3.63) is 54.4 Å². The summed E-state index contributed by atoms with van der Waals surface area (Å²) < 4.78 is 1.83. The van der Waals surface area contributed by atoms with Gasteiger partial charge in [-0.3, -0.25) is 0 Å². The lowest BCUT2D eigenvalue weighted by atomic mass is 10.2. The van der Waals surface area contributed by atoms with Crippen LogP contribution in [0.1, 0.15) is 52.1 Å². The molecule has 20 heavy (non-hydrogen) atoms. The van der Waals surface area contributed by atoms with Crippen molar-refractivity contribution in [1.82, 2.24) is 9.78 Å². The van der Waals surface area contributed by atoms with Crippen LogP contribution in [-0.4, -0.2) is 9.78 Å². The second-order valence-corrected chi connectivity index (χ2v) is 4.81. The number of allylic oxidation sites excluding steroid dienone is 6. The molecule has 0 amide bonds. The van der Waals surface area contributed by atoms with Crippen molar-refractivity contribution in [3.63, 3.8) is 0 Å². The monoisotopic (exact) mass is 270 g/mol. The van der Waals surface area contributed by atoms with Crippen LogP contribution in [-0.2, 0) is 0 Å². The van der Waals surface area contributed by atoms with E-state index in [9.17, 15) is 0 Å². The second-order valence-electron chi connectivity index (χ2n) is 4.81. The summed E-state index contributed by atoms with van der Waals surface area (Å²) in [7, 11) is 0. The van der Waals surface area contributed by atoms with Crippen molar-refractivity contribution in [2.45, 2.75) is 46.5 Å². The molecule has 1 aromatic rings. The zero-order chi connectivity index (χ0) is 14.8. The molecule has 0 radical (unpaired) electrons. The molecular weight excluding hydrogens is 244 g/mol. The van der Waals surface area contributed by atoms with Gasteiger partial charge in [-0.05, 0) is 30.6 Å². The number of rotatable bonds is 5. The number of nitrogens with zero attached hydrogens (tertiary/aromatic N) is 2. The number of hydrogen-bond donors (Lipinski definition) is 0. The van der Waals surface area contributed by atoms with Crippen LogP contribution in [0.5, 0.6) is 0 Å². The Labute approximate surface area is 123 Å². The third-order valence-electron chi connectivity index (χ3n) is 3.11. The van der Waals surface area contributed by atoms with Gasteiger partial charge in [0.15, 0.2) is 0 Å². The molecule has 2 rings (SSSR count). The summed E-state index contributed by atoms with van der Waals surface area (Å²) in [5.74, 6) is 0.